The van der Waals surface area contributed by atoms with Gasteiger partial charge in [0.25, 0.3) is 0 Å². The van der Waals surface area contributed by atoms with Gasteiger partial charge in [-0.2, -0.15) is 0 Å². The molecule has 0 aromatic heterocycles. The van der Waals surface area contributed by atoms with E-state index >= 15 is 9.18 Å². The SMILES string of the molecule is C=Cc1ccc(N2C(=O)[C@H]3[C@H](CC=C4[C@H]3C[C@H]3C(=O)N(c5cccc(Cl)c5)C(=O)[C@@]3(c3ccccc3)[C@H]4c3ccc(O)c(F)c3)C2=O)cc1. The molecular weight excluding hydrogens is 643 g/mol. The smallest absolute Gasteiger partial charge is 0.246 e. The molecule has 2 heterocycles. The number of hydrogen-bond donors (Lipinski definition) is 1. The summed E-state index contributed by atoms with van der Waals surface area (Å²) < 4.78 is 15.3. The number of nitrogens with zero attached hydrogens (tertiary/aromatic N) is 2. The minimum absolute atomic E-state index is 0.114. The number of fused-ring (bicyclic) bond motifs is 4. The first-order valence-electron chi connectivity index (χ1n) is 16.1. The molecule has 6 atom stereocenters. The maximum atomic E-state index is 15.3. The Hall–Kier alpha value is -5.34. The minimum Gasteiger partial charge on any atom is -0.505 e. The van der Waals surface area contributed by atoms with Gasteiger partial charge in [0.1, 0.15) is 0 Å². The zero-order valence-corrected chi connectivity index (χ0v) is 26.9. The predicted molar refractivity (Wildman–Crippen MR) is 183 cm³/mol. The molecule has 4 aromatic carbocycles. The summed E-state index contributed by atoms with van der Waals surface area (Å²) in [6, 6.07) is 26.5. The van der Waals surface area contributed by atoms with Crippen LogP contribution in [0.1, 0.15) is 35.4 Å². The second-order valence-electron chi connectivity index (χ2n) is 13.1. The molecule has 49 heavy (non-hydrogen) atoms. The normalized spacial score (nSPS) is 27.5. The van der Waals surface area contributed by atoms with Crippen LogP contribution in [0.15, 0.2) is 115 Å². The Morgan fingerprint density at radius 1 is 0.816 bits per heavy atom. The van der Waals surface area contributed by atoms with Crippen molar-refractivity contribution in [2.45, 2.75) is 24.2 Å². The largest absolute Gasteiger partial charge is 0.505 e. The first-order valence-corrected chi connectivity index (χ1v) is 16.5. The molecular formula is C40H30ClFN2O5. The third-order valence-electron chi connectivity index (χ3n) is 10.9. The zero-order chi connectivity index (χ0) is 34.2. The highest BCUT2D eigenvalue weighted by atomic mass is 35.5. The molecule has 2 aliphatic carbocycles. The van der Waals surface area contributed by atoms with Gasteiger partial charge in [0.15, 0.2) is 11.6 Å². The average Bonchev–Trinajstić information content (AvgIpc) is 3.50. The maximum absolute atomic E-state index is 15.3. The third kappa shape index (κ3) is 4.40. The van der Waals surface area contributed by atoms with Gasteiger partial charge in [0, 0.05) is 10.9 Å². The van der Waals surface area contributed by atoms with Crippen molar-refractivity contribution in [3.05, 3.63) is 143 Å². The molecule has 3 fully saturated rings. The molecule has 2 saturated heterocycles. The van der Waals surface area contributed by atoms with E-state index in [1.54, 1.807) is 84.9 Å². The number of carbonyl (C=O) groups is 4. The summed E-state index contributed by atoms with van der Waals surface area (Å²) in [6.45, 7) is 3.78. The first kappa shape index (κ1) is 31.0. The third-order valence-corrected chi connectivity index (χ3v) is 11.1. The summed E-state index contributed by atoms with van der Waals surface area (Å²) in [5.41, 5.74) is 1.70. The number of phenolic OH excluding ortho intramolecular Hbond substituents is 1. The van der Waals surface area contributed by atoms with E-state index in [9.17, 15) is 19.5 Å². The highest BCUT2D eigenvalue weighted by Crippen LogP contribution is 2.64. The highest BCUT2D eigenvalue weighted by Gasteiger charge is 2.70. The molecule has 4 aliphatic rings. The summed E-state index contributed by atoms with van der Waals surface area (Å²) in [5.74, 6) is -7.03. The average molecular weight is 673 g/mol. The standard InChI is InChI=1S/C40H30ClFN2O5/c1-2-22-11-14-26(15-12-22)43-36(46)29-17-16-28-30(34(29)38(43)48)21-31-37(47)44(27-10-6-9-25(41)20-27)39(49)40(31,24-7-4-3-5-8-24)35(28)23-13-18-33(45)32(42)19-23/h2-16,18-20,29-31,34-35,45H,1,17,21H2/t29-,30+,31-,34-,35-,40+/m0/s1. The van der Waals surface area contributed by atoms with Gasteiger partial charge in [-0.15, -0.1) is 0 Å². The van der Waals surface area contributed by atoms with Crippen molar-refractivity contribution in [1.82, 2.24) is 0 Å². The molecule has 0 radical (unpaired) electrons. The summed E-state index contributed by atoms with van der Waals surface area (Å²) >= 11 is 6.35. The van der Waals surface area contributed by atoms with Crippen molar-refractivity contribution in [1.29, 1.82) is 0 Å². The van der Waals surface area contributed by atoms with Crippen molar-refractivity contribution in [3.8, 4) is 5.75 Å². The highest BCUT2D eigenvalue weighted by molar-refractivity contribution is 6.32. The zero-order valence-electron chi connectivity index (χ0n) is 26.1. The number of halogens is 2. The second-order valence-corrected chi connectivity index (χ2v) is 13.5. The molecule has 0 unspecified atom stereocenters. The van der Waals surface area contributed by atoms with Crippen LogP contribution in [0.5, 0.6) is 5.75 Å². The van der Waals surface area contributed by atoms with Crippen molar-refractivity contribution in [3.63, 3.8) is 0 Å². The number of benzene rings is 4. The van der Waals surface area contributed by atoms with Crippen molar-refractivity contribution in [2.75, 3.05) is 9.80 Å². The monoisotopic (exact) mass is 672 g/mol. The van der Waals surface area contributed by atoms with Crippen LogP contribution in [0.25, 0.3) is 6.08 Å². The van der Waals surface area contributed by atoms with Crippen LogP contribution < -0.4 is 9.80 Å². The summed E-state index contributed by atoms with van der Waals surface area (Å²) in [7, 11) is 0. The Kier molecular flexibility index (Phi) is 7.19. The fraction of sp³-hybridized carbons (Fsp3) is 0.200. The number of rotatable bonds is 5. The number of amides is 4. The van der Waals surface area contributed by atoms with Crippen molar-refractivity contribution in [2.24, 2.45) is 23.7 Å². The van der Waals surface area contributed by atoms with Gasteiger partial charge in [-0.25, -0.2) is 9.29 Å². The molecule has 4 aromatic rings. The van der Waals surface area contributed by atoms with E-state index in [-0.39, 0.29) is 24.7 Å². The molecule has 1 saturated carbocycles. The van der Waals surface area contributed by atoms with E-state index in [1.165, 1.54) is 17.0 Å². The van der Waals surface area contributed by atoms with Crippen LogP contribution in [-0.2, 0) is 24.6 Å². The van der Waals surface area contributed by atoms with Gasteiger partial charge in [0.2, 0.25) is 23.6 Å². The van der Waals surface area contributed by atoms with Crippen LogP contribution in [0.2, 0.25) is 5.02 Å². The lowest BCUT2D eigenvalue weighted by Gasteiger charge is -2.50. The molecule has 1 N–H and O–H groups in total. The second kappa shape index (κ2) is 11.4. The lowest BCUT2D eigenvalue weighted by Crippen LogP contribution is -2.53. The van der Waals surface area contributed by atoms with Crippen LogP contribution in [-0.4, -0.2) is 28.7 Å². The Labute approximate surface area is 286 Å². The Bertz CT molecular complexity index is 2110. The van der Waals surface area contributed by atoms with E-state index in [1.807, 2.05) is 12.1 Å². The number of allylic oxidation sites excluding steroid dienone is 2. The number of aromatic hydroxyl groups is 1. The van der Waals surface area contributed by atoms with E-state index in [4.69, 9.17) is 11.6 Å². The van der Waals surface area contributed by atoms with Crippen LogP contribution >= 0.6 is 11.6 Å². The molecule has 4 amide bonds. The molecule has 0 spiro atoms. The first-order chi connectivity index (χ1) is 23.7. The van der Waals surface area contributed by atoms with Crippen LogP contribution in [0, 0.1) is 29.5 Å². The number of phenols is 1. The quantitative estimate of drug-likeness (QED) is 0.179. The lowest BCUT2D eigenvalue weighted by molar-refractivity contribution is -0.127. The van der Waals surface area contributed by atoms with E-state index in [2.05, 4.69) is 6.58 Å². The Balaban J connectivity index is 1.34. The number of imide groups is 2. The van der Waals surface area contributed by atoms with Crippen LogP contribution in [0.4, 0.5) is 15.8 Å². The van der Waals surface area contributed by atoms with Crippen LogP contribution in [0.3, 0.4) is 0 Å². The van der Waals surface area contributed by atoms with E-state index in [0.29, 0.717) is 33.1 Å². The molecule has 244 valence electrons. The van der Waals surface area contributed by atoms with Crippen molar-refractivity contribution >= 4 is 52.7 Å². The van der Waals surface area contributed by atoms with Gasteiger partial charge in [-0.1, -0.05) is 90.5 Å². The fourth-order valence-electron chi connectivity index (χ4n) is 8.84. The molecule has 0 bridgehead atoms. The van der Waals surface area contributed by atoms with Gasteiger partial charge in [0.05, 0.1) is 34.5 Å². The van der Waals surface area contributed by atoms with E-state index < -0.39 is 58.4 Å². The number of hydrogen-bond acceptors (Lipinski definition) is 5. The Morgan fingerprint density at radius 3 is 2.27 bits per heavy atom. The summed E-state index contributed by atoms with van der Waals surface area (Å²) in [4.78, 5) is 60.7. The summed E-state index contributed by atoms with van der Waals surface area (Å²) in [6.07, 6.45) is 3.93. The molecule has 2 aliphatic heterocycles. The van der Waals surface area contributed by atoms with Crippen molar-refractivity contribution < 1.29 is 28.7 Å². The predicted octanol–water partition coefficient (Wildman–Crippen LogP) is 7.19. The van der Waals surface area contributed by atoms with E-state index in [0.717, 1.165) is 10.5 Å². The maximum Gasteiger partial charge on any atom is 0.246 e. The van der Waals surface area contributed by atoms with Gasteiger partial charge < -0.3 is 5.11 Å². The topological polar surface area (TPSA) is 95.0 Å². The fourth-order valence-corrected chi connectivity index (χ4v) is 9.02. The lowest BCUT2D eigenvalue weighted by atomic mass is 9.49. The van der Waals surface area contributed by atoms with Gasteiger partial charge in [-0.05, 0) is 77.9 Å². The number of anilines is 2. The summed E-state index contributed by atoms with van der Waals surface area (Å²) in [5, 5.41) is 10.5. The Morgan fingerprint density at radius 2 is 1.57 bits per heavy atom. The number of carbonyl (C=O) groups excluding carboxylic acids is 4. The van der Waals surface area contributed by atoms with Gasteiger partial charge in [-0.3, -0.25) is 24.1 Å². The molecule has 8 rings (SSSR count). The molecule has 9 heteroatoms. The molecule has 7 nitrogen and oxygen atoms in total. The van der Waals surface area contributed by atoms with Gasteiger partial charge >= 0.3 is 0 Å². The minimum atomic E-state index is -1.54.